The van der Waals surface area contributed by atoms with E-state index in [2.05, 4.69) is 41.5 Å². The SMILES string of the molecule is O=C(O)NCCCn1c(C(Nc2ncnc3[nH]cc(Br)c23)C2CC2)nc2cccc(Cl)c2c1=O. The number of benzene rings is 1. The second kappa shape index (κ2) is 9.22. The van der Waals surface area contributed by atoms with Gasteiger partial charge in [0, 0.05) is 23.8 Å². The minimum absolute atomic E-state index is 0.214. The summed E-state index contributed by atoms with van der Waals surface area (Å²) < 4.78 is 2.44. The molecule has 1 unspecified atom stereocenters. The van der Waals surface area contributed by atoms with Crippen LogP contribution in [0, 0.1) is 5.92 Å². The molecular weight excluding hydrogens is 526 g/mol. The number of aromatic nitrogens is 5. The van der Waals surface area contributed by atoms with Gasteiger partial charge in [0.2, 0.25) is 0 Å². The maximum Gasteiger partial charge on any atom is 0.404 e. The Balaban J connectivity index is 1.60. The summed E-state index contributed by atoms with van der Waals surface area (Å²) in [5, 5.41) is 16.3. The van der Waals surface area contributed by atoms with Crippen LogP contribution in [0.2, 0.25) is 5.02 Å². The summed E-state index contributed by atoms with van der Waals surface area (Å²) in [4.78, 5) is 41.1. The average Bonchev–Trinajstić information content (AvgIpc) is 3.58. The van der Waals surface area contributed by atoms with Crippen LogP contribution in [-0.2, 0) is 6.54 Å². The van der Waals surface area contributed by atoms with E-state index < -0.39 is 6.09 Å². The average molecular weight is 547 g/mol. The second-order valence-corrected chi connectivity index (χ2v) is 9.45. The number of nitrogens with zero attached hydrogens (tertiary/aromatic N) is 4. The molecule has 0 aliphatic heterocycles. The van der Waals surface area contributed by atoms with E-state index >= 15 is 0 Å². The summed E-state index contributed by atoms with van der Waals surface area (Å²) in [5.41, 5.74) is 0.967. The summed E-state index contributed by atoms with van der Waals surface area (Å²) in [6, 6.07) is 4.94. The summed E-state index contributed by atoms with van der Waals surface area (Å²) >= 11 is 9.90. The van der Waals surface area contributed by atoms with Crippen LogP contribution in [0.4, 0.5) is 10.6 Å². The lowest BCUT2D eigenvalue weighted by molar-refractivity contribution is 0.194. The molecule has 0 saturated heterocycles. The number of halogens is 2. The Kier molecular flexibility index (Phi) is 6.13. The van der Waals surface area contributed by atoms with Gasteiger partial charge < -0.3 is 20.7 Å². The molecule has 1 aliphatic rings. The van der Waals surface area contributed by atoms with Crippen LogP contribution < -0.4 is 16.2 Å². The van der Waals surface area contributed by atoms with Crippen molar-refractivity contribution in [2.75, 3.05) is 11.9 Å². The van der Waals surface area contributed by atoms with Gasteiger partial charge in [-0.25, -0.2) is 19.7 Å². The van der Waals surface area contributed by atoms with Gasteiger partial charge in [-0.05, 0) is 53.2 Å². The van der Waals surface area contributed by atoms with Crippen molar-refractivity contribution in [3.05, 3.63) is 56.4 Å². The van der Waals surface area contributed by atoms with Crippen molar-refractivity contribution in [3.63, 3.8) is 0 Å². The highest BCUT2D eigenvalue weighted by Crippen LogP contribution is 2.43. The van der Waals surface area contributed by atoms with Gasteiger partial charge >= 0.3 is 6.09 Å². The van der Waals surface area contributed by atoms with Crippen LogP contribution in [-0.4, -0.2) is 42.2 Å². The first-order valence-corrected chi connectivity index (χ1v) is 12.0. The highest BCUT2D eigenvalue weighted by molar-refractivity contribution is 9.10. The van der Waals surface area contributed by atoms with Gasteiger partial charge in [-0.3, -0.25) is 9.36 Å². The van der Waals surface area contributed by atoms with Crippen LogP contribution in [0.3, 0.4) is 0 Å². The molecule has 5 rings (SSSR count). The quantitative estimate of drug-likeness (QED) is 0.242. The fourth-order valence-corrected chi connectivity index (χ4v) is 4.87. The second-order valence-electron chi connectivity index (χ2n) is 8.19. The Morgan fingerprint density at radius 3 is 2.91 bits per heavy atom. The molecule has 1 fully saturated rings. The zero-order chi connectivity index (χ0) is 23.8. The van der Waals surface area contributed by atoms with Crippen LogP contribution in [0.15, 0.2) is 40.0 Å². The summed E-state index contributed by atoms with van der Waals surface area (Å²) in [7, 11) is 0. The Bertz CT molecular complexity index is 1450. The zero-order valence-corrected chi connectivity index (χ0v) is 20.2. The molecule has 4 N–H and O–H groups in total. The first kappa shape index (κ1) is 22.6. The molecule has 0 spiro atoms. The predicted octanol–water partition coefficient (Wildman–Crippen LogP) is 4.30. The van der Waals surface area contributed by atoms with Gasteiger partial charge in [0.15, 0.2) is 0 Å². The number of H-pyrrole nitrogens is 1. The molecule has 1 aliphatic carbocycles. The predicted molar refractivity (Wildman–Crippen MR) is 132 cm³/mol. The van der Waals surface area contributed by atoms with E-state index in [1.807, 2.05) is 0 Å². The summed E-state index contributed by atoms with van der Waals surface area (Å²) in [5.74, 6) is 1.49. The maximum absolute atomic E-state index is 13.6. The van der Waals surface area contributed by atoms with Crippen molar-refractivity contribution in [3.8, 4) is 0 Å². The molecule has 10 nitrogen and oxygen atoms in total. The number of anilines is 1. The molecule has 3 aromatic heterocycles. The van der Waals surface area contributed by atoms with Crippen molar-refractivity contribution < 1.29 is 9.90 Å². The molecule has 0 radical (unpaired) electrons. The molecule has 12 heteroatoms. The van der Waals surface area contributed by atoms with E-state index in [9.17, 15) is 9.59 Å². The molecule has 1 aromatic carbocycles. The Hall–Kier alpha value is -3.18. The summed E-state index contributed by atoms with van der Waals surface area (Å²) in [6.07, 6.45) is 4.59. The third-order valence-corrected chi connectivity index (χ3v) is 6.82. The Morgan fingerprint density at radius 1 is 1.32 bits per heavy atom. The third kappa shape index (κ3) is 4.32. The van der Waals surface area contributed by atoms with Crippen molar-refractivity contribution in [1.29, 1.82) is 0 Å². The molecule has 4 aromatic rings. The minimum atomic E-state index is -1.10. The highest BCUT2D eigenvalue weighted by atomic mass is 79.9. The van der Waals surface area contributed by atoms with E-state index in [-0.39, 0.29) is 24.1 Å². The number of hydrogen-bond donors (Lipinski definition) is 4. The van der Waals surface area contributed by atoms with Gasteiger partial charge in [0.1, 0.15) is 23.6 Å². The fraction of sp³-hybridized carbons (Fsp3) is 0.318. The van der Waals surface area contributed by atoms with E-state index in [4.69, 9.17) is 21.7 Å². The van der Waals surface area contributed by atoms with Gasteiger partial charge in [-0.1, -0.05) is 17.7 Å². The van der Waals surface area contributed by atoms with Crippen molar-refractivity contribution in [1.82, 2.24) is 29.8 Å². The number of fused-ring (bicyclic) bond motifs is 2. The van der Waals surface area contributed by atoms with Gasteiger partial charge in [-0.2, -0.15) is 0 Å². The first-order valence-electron chi connectivity index (χ1n) is 10.8. The lowest BCUT2D eigenvalue weighted by Gasteiger charge is -2.23. The standard InChI is InChI=1S/C22H21BrClN7O3/c23-12-9-26-18-15(12)19(28-10-27-18)30-17(11-5-6-11)20-29-14-4-1-3-13(24)16(14)21(32)31(20)8-2-7-25-22(33)34/h1,3-4,9-11,17,25H,2,5-8H2,(H,33,34)(H2,26,27,28,30). The molecule has 0 bridgehead atoms. The van der Waals surface area contributed by atoms with E-state index in [0.717, 1.165) is 22.7 Å². The number of hydrogen-bond acceptors (Lipinski definition) is 6. The molecule has 3 heterocycles. The van der Waals surface area contributed by atoms with Crippen LogP contribution >= 0.6 is 27.5 Å². The van der Waals surface area contributed by atoms with Crippen molar-refractivity contribution in [2.45, 2.75) is 31.8 Å². The van der Waals surface area contributed by atoms with Crippen LogP contribution in [0.1, 0.15) is 31.1 Å². The van der Waals surface area contributed by atoms with Crippen molar-refractivity contribution >= 4 is 61.4 Å². The number of carboxylic acid groups (broad SMARTS) is 1. The number of rotatable bonds is 8. The van der Waals surface area contributed by atoms with E-state index in [1.165, 1.54) is 6.33 Å². The normalized spacial score (nSPS) is 14.4. The number of carbonyl (C=O) groups is 1. The monoisotopic (exact) mass is 545 g/mol. The zero-order valence-electron chi connectivity index (χ0n) is 17.9. The Labute approximate surface area is 206 Å². The lowest BCUT2D eigenvalue weighted by atomic mass is 10.1. The largest absolute Gasteiger partial charge is 0.465 e. The van der Waals surface area contributed by atoms with E-state index in [0.29, 0.717) is 46.2 Å². The van der Waals surface area contributed by atoms with Gasteiger partial charge in [-0.15, -0.1) is 0 Å². The minimum Gasteiger partial charge on any atom is -0.465 e. The van der Waals surface area contributed by atoms with Crippen LogP contribution in [0.5, 0.6) is 0 Å². The third-order valence-electron chi connectivity index (χ3n) is 5.88. The first-order chi connectivity index (χ1) is 16.4. The number of amides is 1. The van der Waals surface area contributed by atoms with Crippen molar-refractivity contribution in [2.24, 2.45) is 5.92 Å². The summed E-state index contributed by atoms with van der Waals surface area (Å²) in [6.45, 7) is 0.507. The molecular formula is C22H21BrClN7O3. The maximum atomic E-state index is 13.6. The topological polar surface area (TPSA) is 138 Å². The molecule has 1 saturated carbocycles. The smallest absolute Gasteiger partial charge is 0.404 e. The highest BCUT2D eigenvalue weighted by Gasteiger charge is 2.36. The van der Waals surface area contributed by atoms with Gasteiger partial charge in [0.25, 0.3) is 5.56 Å². The molecule has 1 amide bonds. The number of nitrogens with one attached hydrogen (secondary N) is 3. The molecule has 34 heavy (non-hydrogen) atoms. The Morgan fingerprint density at radius 2 is 2.15 bits per heavy atom. The molecule has 176 valence electrons. The number of aromatic amines is 1. The molecule has 1 atom stereocenters. The lowest BCUT2D eigenvalue weighted by Crippen LogP contribution is -2.32. The van der Waals surface area contributed by atoms with E-state index in [1.54, 1.807) is 29.0 Å². The van der Waals surface area contributed by atoms with Gasteiger partial charge in [0.05, 0.1) is 27.4 Å². The fourth-order valence-electron chi connectivity index (χ4n) is 4.13. The van der Waals surface area contributed by atoms with Crippen LogP contribution in [0.25, 0.3) is 21.9 Å².